The first-order chi connectivity index (χ1) is 17.1. The van der Waals surface area contributed by atoms with Crippen LogP contribution in [0.15, 0.2) is 42.5 Å². The highest BCUT2D eigenvalue weighted by molar-refractivity contribution is 5.97. The molecule has 2 aliphatic heterocycles. The lowest BCUT2D eigenvalue weighted by Crippen LogP contribution is -2.50. The smallest absolute Gasteiger partial charge is 0.382 e. The molecule has 0 saturated carbocycles. The predicted octanol–water partition coefficient (Wildman–Crippen LogP) is 4.46. The van der Waals surface area contributed by atoms with Gasteiger partial charge >= 0.3 is 6.18 Å². The molecule has 0 unspecified atom stereocenters. The number of rotatable bonds is 5. The van der Waals surface area contributed by atoms with Crippen LogP contribution in [0.5, 0.6) is 0 Å². The van der Waals surface area contributed by atoms with Crippen molar-refractivity contribution < 1.29 is 22.8 Å². The summed E-state index contributed by atoms with van der Waals surface area (Å²) in [7, 11) is 0. The van der Waals surface area contributed by atoms with E-state index in [2.05, 4.69) is 34.5 Å². The Balaban J connectivity index is 1.22. The number of carbonyl (C=O) groups excluding carboxylic acids is 2. The third-order valence-corrected chi connectivity index (χ3v) is 7.10. The zero-order valence-corrected chi connectivity index (χ0v) is 20.8. The second kappa shape index (κ2) is 10.8. The van der Waals surface area contributed by atoms with E-state index in [1.807, 2.05) is 6.92 Å². The minimum atomic E-state index is -4.39. The molecule has 2 aliphatic rings. The van der Waals surface area contributed by atoms with E-state index < -0.39 is 11.7 Å². The van der Waals surface area contributed by atoms with Crippen LogP contribution >= 0.6 is 0 Å². The van der Waals surface area contributed by atoms with Gasteiger partial charge in [-0.3, -0.25) is 9.59 Å². The molecule has 2 fully saturated rings. The van der Waals surface area contributed by atoms with Crippen molar-refractivity contribution in [3.05, 3.63) is 59.2 Å². The molecule has 2 saturated heterocycles. The molecule has 6 nitrogen and oxygen atoms in total. The molecule has 2 aromatic carbocycles. The number of alkyl halides is 3. The van der Waals surface area contributed by atoms with Crippen molar-refractivity contribution in [2.75, 3.05) is 49.5 Å². The van der Waals surface area contributed by atoms with E-state index in [-0.39, 0.29) is 29.8 Å². The lowest BCUT2D eigenvalue weighted by atomic mass is 10.0. The summed E-state index contributed by atoms with van der Waals surface area (Å²) in [6.45, 7) is 7.08. The van der Waals surface area contributed by atoms with Crippen molar-refractivity contribution >= 4 is 23.2 Å². The Morgan fingerprint density at radius 1 is 0.861 bits per heavy atom. The summed E-state index contributed by atoms with van der Waals surface area (Å²) < 4.78 is 39.6. The summed E-state index contributed by atoms with van der Waals surface area (Å²) in [5.74, 6) is -0.336. The van der Waals surface area contributed by atoms with Crippen LogP contribution in [0.4, 0.5) is 24.5 Å². The Morgan fingerprint density at radius 2 is 1.44 bits per heavy atom. The van der Waals surface area contributed by atoms with Gasteiger partial charge in [0.05, 0.1) is 5.56 Å². The number of benzene rings is 2. The summed E-state index contributed by atoms with van der Waals surface area (Å²) in [5, 5.41) is 3.18. The molecule has 1 N–H and O–H groups in total. The Hall–Kier alpha value is -3.23. The van der Waals surface area contributed by atoms with Gasteiger partial charge in [0.25, 0.3) is 0 Å². The van der Waals surface area contributed by atoms with Gasteiger partial charge < -0.3 is 20.0 Å². The molecular weight excluding hydrogens is 469 g/mol. The maximum absolute atomic E-state index is 13.2. The Kier molecular flexibility index (Phi) is 7.76. The normalized spacial score (nSPS) is 17.3. The lowest BCUT2D eigenvalue weighted by molar-refractivity contribution is -0.141. The van der Waals surface area contributed by atoms with Crippen LogP contribution in [-0.4, -0.2) is 66.9 Å². The van der Waals surface area contributed by atoms with Gasteiger partial charge in [-0.2, -0.15) is 13.2 Å². The number of nitrogens with zero attached hydrogens (tertiary/aromatic N) is 3. The van der Waals surface area contributed by atoms with Gasteiger partial charge in [-0.1, -0.05) is 23.8 Å². The summed E-state index contributed by atoms with van der Waals surface area (Å²) in [6.07, 6.45) is -3.30. The molecule has 0 spiro atoms. The van der Waals surface area contributed by atoms with Gasteiger partial charge in [0.2, 0.25) is 11.8 Å². The number of anilines is 2. The van der Waals surface area contributed by atoms with Crippen LogP contribution in [-0.2, 0) is 15.8 Å². The van der Waals surface area contributed by atoms with Gasteiger partial charge in [-0.05, 0) is 56.5 Å². The third kappa shape index (κ3) is 6.30. The number of hydrogen-bond acceptors (Lipinski definition) is 4. The van der Waals surface area contributed by atoms with Crippen LogP contribution < -0.4 is 10.2 Å². The van der Waals surface area contributed by atoms with E-state index in [0.29, 0.717) is 44.7 Å². The molecule has 0 radical (unpaired) electrons. The Labute approximate surface area is 210 Å². The Bertz CT molecular complexity index is 1070. The van der Waals surface area contributed by atoms with E-state index in [9.17, 15) is 22.8 Å². The zero-order valence-electron chi connectivity index (χ0n) is 20.8. The predicted molar refractivity (Wildman–Crippen MR) is 134 cm³/mol. The Morgan fingerprint density at radius 3 is 2.03 bits per heavy atom. The van der Waals surface area contributed by atoms with Gasteiger partial charge in [-0.25, -0.2) is 0 Å². The monoisotopic (exact) mass is 502 g/mol. The molecule has 194 valence electrons. The molecule has 36 heavy (non-hydrogen) atoms. The number of carbonyl (C=O) groups is 2. The minimum Gasteiger partial charge on any atom is -0.382 e. The zero-order chi connectivity index (χ0) is 25.9. The van der Waals surface area contributed by atoms with E-state index in [4.69, 9.17) is 0 Å². The first-order valence-electron chi connectivity index (χ1n) is 12.4. The molecule has 0 aromatic heterocycles. The standard InChI is InChI=1S/C27H33F3N4O2/c1-19-3-7-23(8-4-19)32-13-15-34(16-14-32)26(36)18-25(35)33-11-9-21(10-12-33)31-22-6-5-20(2)24(17-22)27(28,29)30/h3-8,17,21,31H,9-16,18H2,1-2H3. The molecule has 0 bridgehead atoms. The lowest BCUT2D eigenvalue weighted by Gasteiger charge is -2.37. The quantitative estimate of drug-likeness (QED) is 0.614. The molecule has 9 heteroatoms. The highest BCUT2D eigenvalue weighted by Crippen LogP contribution is 2.34. The number of amides is 2. The van der Waals surface area contributed by atoms with E-state index >= 15 is 0 Å². The number of likely N-dealkylation sites (tertiary alicyclic amines) is 1. The van der Waals surface area contributed by atoms with Crippen molar-refractivity contribution in [3.8, 4) is 0 Å². The van der Waals surface area contributed by atoms with Crippen molar-refractivity contribution in [2.45, 2.75) is 45.3 Å². The fourth-order valence-corrected chi connectivity index (χ4v) is 4.85. The maximum atomic E-state index is 13.2. The average molecular weight is 503 g/mol. The molecule has 0 atom stereocenters. The van der Waals surface area contributed by atoms with Crippen LogP contribution in [0.25, 0.3) is 0 Å². The number of piperazine rings is 1. The van der Waals surface area contributed by atoms with E-state index in [0.717, 1.165) is 24.8 Å². The highest BCUT2D eigenvalue weighted by atomic mass is 19.4. The third-order valence-electron chi connectivity index (χ3n) is 7.10. The summed E-state index contributed by atoms with van der Waals surface area (Å²) in [4.78, 5) is 31.2. The molecule has 2 amide bonds. The van der Waals surface area contributed by atoms with Crippen molar-refractivity contribution in [3.63, 3.8) is 0 Å². The highest BCUT2D eigenvalue weighted by Gasteiger charge is 2.33. The van der Waals surface area contributed by atoms with Crippen molar-refractivity contribution in [2.24, 2.45) is 0 Å². The van der Waals surface area contributed by atoms with Gasteiger partial charge in [0.15, 0.2) is 0 Å². The SMILES string of the molecule is Cc1ccc(N2CCN(C(=O)CC(=O)N3CCC(Nc4ccc(C)c(C(F)(F)F)c4)CC3)CC2)cc1. The average Bonchev–Trinajstić information content (AvgIpc) is 2.85. The number of halogens is 3. The van der Waals surface area contributed by atoms with Crippen molar-refractivity contribution in [1.82, 2.24) is 9.80 Å². The van der Waals surface area contributed by atoms with Crippen LogP contribution in [0.1, 0.15) is 36.0 Å². The molecular formula is C27H33F3N4O2. The first-order valence-corrected chi connectivity index (χ1v) is 12.4. The van der Waals surface area contributed by atoms with Gasteiger partial charge in [0, 0.05) is 56.7 Å². The van der Waals surface area contributed by atoms with Crippen LogP contribution in [0.3, 0.4) is 0 Å². The molecule has 4 rings (SSSR count). The summed E-state index contributed by atoms with van der Waals surface area (Å²) in [5.41, 5.74) is 2.32. The summed E-state index contributed by atoms with van der Waals surface area (Å²) in [6, 6.07) is 12.6. The second-order valence-electron chi connectivity index (χ2n) is 9.71. The first kappa shape index (κ1) is 25.9. The van der Waals surface area contributed by atoms with E-state index in [1.54, 1.807) is 15.9 Å². The molecule has 2 heterocycles. The fraction of sp³-hybridized carbons (Fsp3) is 0.481. The minimum absolute atomic E-state index is 0.0246. The van der Waals surface area contributed by atoms with Gasteiger partial charge in [-0.15, -0.1) is 0 Å². The van der Waals surface area contributed by atoms with Crippen molar-refractivity contribution in [1.29, 1.82) is 0 Å². The van der Waals surface area contributed by atoms with Crippen LogP contribution in [0, 0.1) is 13.8 Å². The maximum Gasteiger partial charge on any atom is 0.416 e. The number of nitrogens with one attached hydrogen (secondary N) is 1. The van der Waals surface area contributed by atoms with E-state index in [1.165, 1.54) is 18.6 Å². The largest absolute Gasteiger partial charge is 0.416 e. The molecule has 0 aliphatic carbocycles. The van der Waals surface area contributed by atoms with Gasteiger partial charge in [0.1, 0.15) is 6.42 Å². The summed E-state index contributed by atoms with van der Waals surface area (Å²) >= 11 is 0. The second-order valence-corrected chi connectivity index (χ2v) is 9.71. The number of aryl methyl sites for hydroxylation is 2. The fourth-order valence-electron chi connectivity index (χ4n) is 4.85. The number of piperidine rings is 1. The molecule has 2 aromatic rings. The van der Waals surface area contributed by atoms with Crippen LogP contribution in [0.2, 0.25) is 0 Å². The number of hydrogen-bond donors (Lipinski definition) is 1. The topological polar surface area (TPSA) is 55.9 Å².